The van der Waals surface area contributed by atoms with Crippen molar-refractivity contribution in [1.82, 2.24) is 9.78 Å². The molecule has 0 saturated heterocycles. The molecule has 0 saturated carbocycles. The summed E-state index contributed by atoms with van der Waals surface area (Å²) in [5.74, 6) is 0.662. The van der Waals surface area contributed by atoms with E-state index >= 15 is 0 Å². The summed E-state index contributed by atoms with van der Waals surface area (Å²) in [7, 11) is 1.80. The molecule has 0 spiro atoms. The van der Waals surface area contributed by atoms with E-state index in [1.54, 1.807) is 17.9 Å². The smallest absolute Gasteiger partial charge is 0.128 e. The van der Waals surface area contributed by atoms with Crippen LogP contribution in [0.5, 0.6) is 0 Å². The number of hydrogen-bond acceptors (Lipinski definition) is 3. The number of anilines is 1. The van der Waals surface area contributed by atoms with Gasteiger partial charge < -0.3 is 11.5 Å². The van der Waals surface area contributed by atoms with E-state index in [4.69, 9.17) is 11.5 Å². The normalized spacial score (nSPS) is 11.1. The number of nitrogens with zero attached hydrogens (tertiary/aromatic N) is 2. The van der Waals surface area contributed by atoms with Crippen molar-refractivity contribution in [3.8, 4) is 0 Å². The fraction of sp³-hybridized carbons (Fsp3) is 0.286. The van der Waals surface area contributed by atoms with Crippen LogP contribution >= 0.6 is 0 Å². The monoisotopic (exact) mass is 152 g/mol. The molecule has 4 heteroatoms. The van der Waals surface area contributed by atoms with Gasteiger partial charge in [0.2, 0.25) is 0 Å². The topological polar surface area (TPSA) is 69.9 Å². The summed E-state index contributed by atoms with van der Waals surface area (Å²) in [5, 5.41) is 3.97. The molecule has 0 unspecified atom stereocenters. The standard InChI is InChI=1S/C7H12N4/c1-11-7(9)6(5-10-11)3-2-4-8/h2-3,5H,4,8-9H2,1H3. The van der Waals surface area contributed by atoms with Crippen molar-refractivity contribution >= 4 is 11.9 Å². The molecule has 0 atom stereocenters. The van der Waals surface area contributed by atoms with Crippen LogP contribution in [0.25, 0.3) is 6.08 Å². The molecule has 11 heavy (non-hydrogen) atoms. The molecule has 1 aromatic heterocycles. The van der Waals surface area contributed by atoms with Crippen LogP contribution in [-0.2, 0) is 7.05 Å². The minimum Gasteiger partial charge on any atom is -0.383 e. The number of nitrogen functional groups attached to an aromatic ring is 1. The molecule has 0 amide bonds. The minimum atomic E-state index is 0.522. The van der Waals surface area contributed by atoms with Crippen LogP contribution in [0.2, 0.25) is 0 Å². The Kier molecular flexibility index (Phi) is 2.28. The fourth-order valence-corrected chi connectivity index (χ4v) is 0.787. The zero-order chi connectivity index (χ0) is 8.27. The molecule has 0 aliphatic rings. The second-order valence-corrected chi connectivity index (χ2v) is 2.25. The molecule has 0 fully saturated rings. The molecule has 0 aromatic carbocycles. The third-order valence-electron chi connectivity index (χ3n) is 1.45. The van der Waals surface area contributed by atoms with Gasteiger partial charge in [-0.1, -0.05) is 12.2 Å². The molecule has 4 nitrogen and oxygen atoms in total. The van der Waals surface area contributed by atoms with Gasteiger partial charge in [-0.3, -0.25) is 4.68 Å². The molecular formula is C7H12N4. The van der Waals surface area contributed by atoms with Gasteiger partial charge in [0.25, 0.3) is 0 Å². The Morgan fingerprint density at radius 3 is 2.91 bits per heavy atom. The lowest BCUT2D eigenvalue weighted by atomic mass is 10.3. The van der Waals surface area contributed by atoms with Crippen LogP contribution < -0.4 is 11.5 Å². The van der Waals surface area contributed by atoms with Gasteiger partial charge in [0, 0.05) is 19.2 Å². The SMILES string of the molecule is Cn1ncc(C=CCN)c1N. The number of rotatable bonds is 2. The van der Waals surface area contributed by atoms with E-state index in [-0.39, 0.29) is 0 Å². The van der Waals surface area contributed by atoms with Crippen molar-refractivity contribution < 1.29 is 0 Å². The highest BCUT2D eigenvalue weighted by Crippen LogP contribution is 2.10. The van der Waals surface area contributed by atoms with E-state index < -0.39 is 0 Å². The Morgan fingerprint density at radius 2 is 2.45 bits per heavy atom. The molecule has 0 bridgehead atoms. The predicted octanol–water partition coefficient (Wildman–Crippen LogP) is -0.0258. The number of hydrogen-bond donors (Lipinski definition) is 2. The van der Waals surface area contributed by atoms with Gasteiger partial charge in [-0.15, -0.1) is 0 Å². The molecule has 0 aliphatic carbocycles. The molecular weight excluding hydrogens is 140 g/mol. The third kappa shape index (κ3) is 1.59. The minimum absolute atomic E-state index is 0.522. The molecule has 0 aliphatic heterocycles. The Balaban J connectivity index is 2.87. The van der Waals surface area contributed by atoms with Crippen LogP contribution in [0.15, 0.2) is 12.3 Å². The first-order valence-corrected chi connectivity index (χ1v) is 3.39. The van der Waals surface area contributed by atoms with E-state index in [0.717, 1.165) is 5.56 Å². The Labute approximate surface area is 65.5 Å². The van der Waals surface area contributed by atoms with Crippen molar-refractivity contribution in [1.29, 1.82) is 0 Å². The quantitative estimate of drug-likeness (QED) is 0.625. The van der Waals surface area contributed by atoms with Crippen molar-refractivity contribution in [2.75, 3.05) is 12.3 Å². The largest absolute Gasteiger partial charge is 0.383 e. The van der Waals surface area contributed by atoms with Gasteiger partial charge in [-0.05, 0) is 0 Å². The van der Waals surface area contributed by atoms with Crippen LogP contribution in [-0.4, -0.2) is 16.3 Å². The van der Waals surface area contributed by atoms with E-state index in [2.05, 4.69) is 5.10 Å². The Bertz CT molecular complexity index is 261. The fourth-order valence-electron chi connectivity index (χ4n) is 0.787. The maximum absolute atomic E-state index is 5.65. The summed E-state index contributed by atoms with van der Waals surface area (Å²) >= 11 is 0. The molecule has 1 heterocycles. The molecule has 1 rings (SSSR count). The van der Waals surface area contributed by atoms with Gasteiger partial charge in [0.15, 0.2) is 0 Å². The summed E-state index contributed by atoms with van der Waals surface area (Å²) < 4.78 is 1.62. The zero-order valence-electron chi connectivity index (χ0n) is 6.49. The van der Waals surface area contributed by atoms with Crippen LogP contribution in [0, 0.1) is 0 Å². The first-order valence-electron chi connectivity index (χ1n) is 3.39. The molecule has 4 N–H and O–H groups in total. The van der Waals surface area contributed by atoms with E-state index in [1.165, 1.54) is 0 Å². The van der Waals surface area contributed by atoms with Crippen LogP contribution in [0.1, 0.15) is 5.56 Å². The first-order chi connectivity index (χ1) is 5.25. The first kappa shape index (κ1) is 7.81. The maximum Gasteiger partial charge on any atom is 0.128 e. The summed E-state index contributed by atoms with van der Waals surface area (Å²) in [6.45, 7) is 0.522. The molecule has 1 aromatic rings. The highest BCUT2D eigenvalue weighted by molar-refractivity contribution is 5.60. The van der Waals surface area contributed by atoms with Crippen molar-refractivity contribution in [3.05, 3.63) is 17.8 Å². The van der Waals surface area contributed by atoms with E-state index in [9.17, 15) is 0 Å². The van der Waals surface area contributed by atoms with Crippen LogP contribution in [0.4, 0.5) is 5.82 Å². The second-order valence-electron chi connectivity index (χ2n) is 2.25. The van der Waals surface area contributed by atoms with Gasteiger partial charge in [-0.2, -0.15) is 5.10 Å². The zero-order valence-corrected chi connectivity index (χ0v) is 6.49. The van der Waals surface area contributed by atoms with Crippen molar-refractivity contribution in [2.24, 2.45) is 12.8 Å². The lowest BCUT2D eigenvalue weighted by Gasteiger charge is -1.92. The van der Waals surface area contributed by atoms with Crippen molar-refractivity contribution in [3.63, 3.8) is 0 Å². The second kappa shape index (κ2) is 3.21. The Hall–Kier alpha value is -1.29. The summed E-state index contributed by atoms with van der Waals surface area (Å²) in [4.78, 5) is 0. The number of aryl methyl sites for hydroxylation is 1. The average molecular weight is 152 g/mol. The third-order valence-corrected chi connectivity index (χ3v) is 1.45. The Morgan fingerprint density at radius 1 is 1.73 bits per heavy atom. The molecule has 0 radical (unpaired) electrons. The average Bonchev–Trinajstić information content (AvgIpc) is 2.31. The summed E-state index contributed by atoms with van der Waals surface area (Å²) in [6, 6.07) is 0. The molecule has 60 valence electrons. The van der Waals surface area contributed by atoms with Gasteiger partial charge in [0.1, 0.15) is 5.82 Å². The summed E-state index contributed by atoms with van der Waals surface area (Å²) in [6.07, 6.45) is 5.41. The maximum atomic E-state index is 5.65. The van der Waals surface area contributed by atoms with E-state index in [0.29, 0.717) is 12.4 Å². The highest BCUT2D eigenvalue weighted by Gasteiger charge is 1.98. The summed E-state index contributed by atoms with van der Waals surface area (Å²) in [5.41, 5.74) is 11.8. The van der Waals surface area contributed by atoms with Crippen molar-refractivity contribution in [2.45, 2.75) is 0 Å². The van der Waals surface area contributed by atoms with Gasteiger partial charge in [0.05, 0.1) is 6.20 Å². The number of aromatic nitrogens is 2. The van der Waals surface area contributed by atoms with Gasteiger partial charge in [-0.25, -0.2) is 0 Å². The number of nitrogens with two attached hydrogens (primary N) is 2. The van der Waals surface area contributed by atoms with Crippen LogP contribution in [0.3, 0.4) is 0 Å². The van der Waals surface area contributed by atoms with Gasteiger partial charge >= 0.3 is 0 Å². The highest BCUT2D eigenvalue weighted by atomic mass is 15.3. The lowest BCUT2D eigenvalue weighted by molar-refractivity contribution is 0.779. The van der Waals surface area contributed by atoms with E-state index in [1.807, 2.05) is 12.2 Å². The predicted molar refractivity (Wildman–Crippen MR) is 45.7 cm³/mol. The lowest BCUT2D eigenvalue weighted by Crippen LogP contribution is -1.98.